The van der Waals surface area contributed by atoms with Gasteiger partial charge in [-0.05, 0) is 47.0 Å². The molecule has 0 bridgehead atoms. The summed E-state index contributed by atoms with van der Waals surface area (Å²) in [4.78, 5) is 2.68. The average molecular weight is 447 g/mol. The molecule has 0 amide bonds. The summed E-state index contributed by atoms with van der Waals surface area (Å²) in [6.07, 6.45) is 5.58. The second kappa shape index (κ2) is 8.56. The Hall–Kier alpha value is -0.670. The van der Waals surface area contributed by atoms with Crippen molar-refractivity contribution in [1.29, 1.82) is 0 Å². The minimum atomic E-state index is -3.58. The van der Waals surface area contributed by atoms with Crippen molar-refractivity contribution in [2.45, 2.75) is 42.5 Å². The summed E-state index contributed by atoms with van der Waals surface area (Å²) in [5.74, 6) is 0.612. The molecule has 3 rings (SSSR count). The van der Waals surface area contributed by atoms with Gasteiger partial charge in [0.15, 0.2) is 0 Å². The van der Waals surface area contributed by atoms with Crippen LogP contribution in [0.1, 0.15) is 32.1 Å². The van der Waals surface area contributed by atoms with Crippen LogP contribution in [-0.4, -0.2) is 58.8 Å². The lowest BCUT2D eigenvalue weighted by atomic mass is 9.80. The second-order valence-electron chi connectivity index (χ2n) is 7.01. The Labute approximate surface area is 164 Å². The van der Waals surface area contributed by atoms with Gasteiger partial charge < -0.3 is 9.47 Å². The Balaban J connectivity index is 1.76. The monoisotopic (exact) mass is 446 g/mol. The Bertz CT molecular complexity index is 714. The van der Waals surface area contributed by atoms with Gasteiger partial charge >= 0.3 is 0 Å². The minimum Gasteiger partial charge on any atom is -0.496 e. The summed E-state index contributed by atoms with van der Waals surface area (Å²) in [5.41, 5.74) is -0.0984. The maximum Gasteiger partial charge on any atom is 0.240 e. The van der Waals surface area contributed by atoms with Crippen molar-refractivity contribution >= 4 is 26.0 Å². The van der Waals surface area contributed by atoms with Gasteiger partial charge in [-0.25, -0.2) is 13.1 Å². The number of rotatable bonds is 6. The molecule has 1 N–H and O–H groups in total. The molecule has 0 atom stereocenters. The van der Waals surface area contributed by atoms with E-state index in [9.17, 15) is 8.42 Å². The van der Waals surface area contributed by atoms with Crippen LogP contribution < -0.4 is 9.46 Å². The summed E-state index contributed by atoms with van der Waals surface area (Å²) in [5, 5.41) is 0. The first-order valence-electron chi connectivity index (χ1n) is 9.13. The number of ether oxygens (including phenoxy) is 2. The number of morpholine rings is 1. The molecule has 1 aliphatic heterocycles. The molecule has 0 unspecified atom stereocenters. The summed E-state index contributed by atoms with van der Waals surface area (Å²) in [6, 6.07) is 4.83. The van der Waals surface area contributed by atoms with Crippen LogP contribution in [0.3, 0.4) is 0 Å². The lowest BCUT2D eigenvalue weighted by molar-refractivity contribution is -0.0348. The van der Waals surface area contributed by atoms with Crippen molar-refractivity contribution in [1.82, 2.24) is 9.62 Å². The van der Waals surface area contributed by atoms with E-state index in [0.717, 1.165) is 52.0 Å². The summed E-state index contributed by atoms with van der Waals surface area (Å²) in [6.45, 7) is 3.63. The molecule has 6 nitrogen and oxygen atoms in total. The van der Waals surface area contributed by atoms with Crippen LogP contribution in [0, 0.1) is 0 Å². The Morgan fingerprint density at radius 2 is 1.92 bits per heavy atom. The molecule has 1 saturated heterocycles. The Kier molecular flexibility index (Phi) is 6.61. The molecule has 0 aromatic heterocycles. The first-order valence-corrected chi connectivity index (χ1v) is 11.4. The highest BCUT2D eigenvalue weighted by Crippen LogP contribution is 2.34. The van der Waals surface area contributed by atoms with E-state index >= 15 is 0 Å². The Morgan fingerprint density at radius 3 is 2.54 bits per heavy atom. The van der Waals surface area contributed by atoms with E-state index in [-0.39, 0.29) is 10.4 Å². The molecular formula is C18H27BrN2O4S. The molecule has 8 heteroatoms. The molecule has 1 aromatic rings. The van der Waals surface area contributed by atoms with Crippen molar-refractivity contribution < 1.29 is 17.9 Å². The smallest absolute Gasteiger partial charge is 0.240 e. The number of hydrogen-bond acceptors (Lipinski definition) is 5. The van der Waals surface area contributed by atoms with E-state index < -0.39 is 10.0 Å². The molecular weight excluding hydrogens is 420 g/mol. The lowest BCUT2D eigenvalue weighted by Crippen LogP contribution is -2.59. The maximum absolute atomic E-state index is 12.8. The highest BCUT2D eigenvalue weighted by molar-refractivity contribution is 9.10. The third-order valence-electron chi connectivity index (χ3n) is 5.49. The van der Waals surface area contributed by atoms with Crippen LogP contribution in [0.4, 0.5) is 0 Å². The van der Waals surface area contributed by atoms with Crippen LogP contribution in [0.25, 0.3) is 0 Å². The van der Waals surface area contributed by atoms with E-state index in [4.69, 9.17) is 9.47 Å². The second-order valence-corrected chi connectivity index (χ2v) is 9.63. The largest absolute Gasteiger partial charge is 0.496 e. The van der Waals surface area contributed by atoms with Crippen molar-refractivity contribution in [3.05, 3.63) is 22.7 Å². The molecule has 2 fully saturated rings. The molecule has 1 heterocycles. The molecule has 146 valence electrons. The number of nitrogens with one attached hydrogen (secondary N) is 1. The highest BCUT2D eigenvalue weighted by Gasteiger charge is 2.39. The fourth-order valence-electron chi connectivity index (χ4n) is 3.98. The molecule has 2 aliphatic rings. The number of halogens is 1. The van der Waals surface area contributed by atoms with Gasteiger partial charge in [-0.15, -0.1) is 0 Å². The van der Waals surface area contributed by atoms with Gasteiger partial charge in [0.2, 0.25) is 10.0 Å². The zero-order valence-corrected chi connectivity index (χ0v) is 17.6. The van der Waals surface area contributed by atoms with Gasteiger partial charge in [0.05, 0.1) is 29.7 Å². The third-order valence-corrected chi connectivity index (χ3v) is 7.51. The third kappa shape index (κ3) is 4.42. The molecule has 1 saturated carbocycles. The minimum absolute atomic E-state index is 0.0984. The SMILES string of the molecule is COc1ccc(S(=O)(=O)NCC2(N3CCOCC3)CCCCC2)cc1Br. The zero-order chi connectivity index (χ0) is 18.6. The molecule has 0 spiro atoms. The number of sulfonamides is 1. The molecule has 1 aliphatic carbocycles. The fraction of sp³-hybridized carbons (Fsp3) is 0.667. The van der Waals surface area contributed by atoms with Crippen LogP contribution in [0.5, 0.6) is 5.75 Å². The van der Waals surface area contributed by atoms with Crippen molar-refractivity contribution in [3.8, 4) is 5.75 Å². The zero-order valence-electron chi connectivity index (χ0n) is 15.2. The van der Waals surface area contributed by atoms with E-state index in [1.165, 1.54) is 6.42 Å². The maximum atomic E-state index is 12.8. The number of nitrogens with zero attached hydrogens (tertiary/aromatic N) is 1. The van der Waals surface area contributed by atoms with Crippen molar-refractivity contribution in [2.75, 3.05) is 40.0 Å². The first-order chi connectivity index (χ1) is 12.5. The lowest BCUT2D eigenvalue weighted by Gasteiger charge is -2.48. The summed E-state index contributed by atoms with van der Waals surface area (Å²) >= 11 is 3.36. The molecule has 0 radical (unpaired) electrons. The van der Waals surface area contributed by atoms with Gasteiger partial charge in [0.1, 0.15) is 5.75 Å². The summed E-state index contributed by atoms with van der Waals surface area (Å²) < 4.78 is 39.8. The average Bonchev–Trinajstić information content (AvgIpc) is 2.68. The van der Waals surface area contributed by atoms with Gasteiger partial charge in [0, 0.05) is 25.2 Å². The van der Waals surface area contributed by atoms with Crippen molar-refractivity contribution in [2.24, 2.45) is 0 Å². The normalized spacial score (nSPS) is 21.5. The molecule has 1 aromatic carbocycles. The van der Waals surface area contributed by atoms with Crippen LogP contribution in [0.15, 0.2) is 27.6 Å². The quantitative estimate of drug-likeness (QED) is 0.727. The Morgan fingerprint density at radius 1 is 1.23 bits per heavy atom. The van der Waals surface area contributed by atoms with Crippen LogP contribution in [0.2, 0.25) is 0 Å². The van der Waals surface area contributed by atoms with Gasteiger partial charge in [-0.1, -0.05) is 19.3 Å². The van der Waals surface area contributed by atoms with Crippen LogP contribution >= 0.6 is 15.9 Å². The van der Waals surface area contributed by atoms with Crippen LogP contribution in [-0.2, 0) is 14.8 Å². The topological polar surface area (TPSA) is 67.9 Å². The number of benzene rings is 1. The first kappa shape index (κ1) is 20.1. The predicted octanol–water partition coefficient (Wildman–Crippen LogP) is 2.77. The van der Waals surface area contributed by atoms with Gasteiger partial charge in [0.25, 0.3) is 0 Å². The van der Waals surface area contributed by atoms with Gasteiger partial charge in [-0.3, -0.25) is 4.90 Å². The van der Waals surface area contributed by atoms with Gasteiger partial charge in [-0.2, -0.15) is 0 Å². The van der Waals surface area contributed by atoms with E-state index in [2.05, 4.69) is 25.6 Å². The highest BCUT2D eigenvalue weighted by atomic mass is 79.9. The fourth-order valence-corrected chi connectivity index (χ4v) is 5.82. The van der Waals surface area contributed by atoms with E-state index in [1.807, 2.05) is 0 Å². The number of methoxy groups -OCH3 is 1. The number of hydrogen-bond donors (Lipinski definition) is 1. The van der Waals surface area contributed by atoms with E-state index in [0.29, 0.717) is 16.8 Å². The van der Waals surface area contributed by atoms with E-state index in [1.54, 1.807) is 25.3 Å². The van der Waals surface area contributed by atoms with Crippen molar-refractivity contribution in [3.63, 3.8) is 0 Å². The summed E-state index contributed by atoms with van der Waals surface area (Å²) in [7, 11) is -2.02. The molecule has 26 heavy (non-hydrogen) atoms. The predicted molar refractivity (Wildman–Crippen MR) is 104 cm³/mol. The standard InChI is InChI=1S/C18H27BrN2O4S/c1-24-17-6-5-15(13-16(17)19)26(22,23)20-14-18(7-3-2-4-8-18)21-9-11-25-12-10-21/h5-6,13,20H,2-4,7-12,14H2,1H3.